The third-order valence-corrected chi connectivity index (χ3v) is 4.48. The number of benzene rings is 2. The van der Waals surface area contributed by atoms with Crippen LogP contribution in [0.5, 0.6) is 5.75 Å². The molecule has 2 aromatic carbocycles. The molecule has 1 atom stereocenters. The summed E-state index contributed by atoms with van der Waals surface area (Å²) in [6.07, 6.45) is 3.67. The zero-order chi connectivity index (χ0) is 16.2. The number of fused-ring (bicyclic) bond motifs is 1. The van der Waals surface area contributed by atoms with Crippen LogP contribution in [0.1, 0.15) is 49.4 Å². The van der Waals surface area contributed by atoms with Crippen LogP contribution >= 0.6 is 0 Å². The summed E-state index contributed by atoms with van der Waals surface area (Å²) in [4.78, 5) is 0. The molecule has 1 N–H and O–H groups in total. The lowest BCUT2D eigenvalue weighted by Crippen LogP contribution is -1.96. The molecular weight excluding hydrogens is 286 g/mol. The summed E-state index contributed by atoms with van der Waals surface area (Å²) in [6, 6.07) is 14.2. The van der Waals surface area contributed by atoms with Crippen LogP contribution in [-0.2, 0) is 12.8 Å². The number of phenolic OH excluding ortho intramolecular Hbond substituents is 1. The molecule has 3 aromatic rings. The maximum atomic E-state index is 10.0. The van der Waals surface area contributed by atoms with Crippen LogP contribution in [0, 0.1) is 0 Å². The Bertz CT molecular complexity index is 777. The van der Waals surface area contributed by atoms with Crippen molar-refractivity contribution < 1.29 is 9.63 Å². The molecule has 0 bridgehead atoms. The van der Waals surface area contributed by atoms with E-state index in [1.807, 2.05) is 12.1 Å². The van der Waals surface area contributed by atoms with E-state index in [1.54, 1.807) is 6.07 Å². The van der Waals surface area contributed by atoms with Gasteiger partial charge in [0, 0.05) is 10.9 Å². The van der Waals surface area contributed by atoms with Gasteiger partial charge in [0.25, 0.3) is 0 Å². The van der Waals surface area contributed by atoms with Gasteiger partial charge in [-0.1, -0.05) is 55.8 Å². The molecule has 0 aliphatic rings. The average Bonchev–Trinajstić information content (AvgIpc) is 2.99. The van der Waals surface area contributed by atoms with Crippen LogP contribution in [0.25, 0.3) is 11.0 Å². The van der Waals surface area contributed by atoms with Gasteiger partial charge in [-0.15, -0.1) is 0 Å². The second-order valence-electron chi connectivity index (χ2n) is 6.17. The van der Waals surface area contributed by atoms with Gasteiger partial charge in [0.05, 0.1) is 5.69 Å². The van der Waals surface area contributed by atoms with Crippen LogP contribution in [0.3, 0.4) is 0 Å². The van der Waals surface area contributed by atoms with Gasteiger partial charge in [-0.3, -0.25) is 0 Å². The molecule has 1 heterocycles. The average molecular weight is 309 g/mol. The lowest BCUT2D eigenvalue weighted by molar-refractivity contribution is 0.433. The summed E-state index contributed by atoms with van der Waals surface area (Å²) in [6.45, 7) is 4.34. The second kappa shape index (κ2) is 6.86. The highest BCUT2D eigenvalue weighted by Gasteiger charge is 2.16. The fourth-order valence-electron chi connectivity index (χ4n) is 3.07. The Balaban J connectivity index is 1.80. The molecule has 0 fully saturated rings. The highest BCUT2D eigenvalue weighted by Crippen LogP contribution is 2.31. The molecule has 3 heteroatoms. The first-order chi connectivity index (χ1) is 11.2. The monoisotopic (exact) mass is 309 g/mol. The van der Waals surface area contributed by atoms with Crippen molar-refractivity contribution in [1.82, 2.24) is 5.16 Å². The summed E-state index contributed by atoms with van der Waals surface area (Å²) in [5, 5.41) is 15.3. The highest BCUT2D eigenvalue weighted by molar-refractivity contribution is 5.84. The van der Waals surface area contributed by atoms with Crippen LogP contribution in [0.2, 0.25) is 0 Å². The maximum absolute atomic E-state index is 10.0. The molecule has 0 amide bonds. The fourth-order valence-corrected chi connectivity index (χ4v) is 3.07. The number of hydrogen-bond acceptors (Lipinski definition) is 3. The van der Waals surface area contributed by atoms with Crippen molar-refractivity contribution >= 4 is 11.0 Å². The van der Waals surface area contributed by atoms with Gasteiger partial charge >= 0.3 is 0 Å². The van der Waals surface area contributed by atoms with Gasteiger partial charge in [-0.25, -0.2) is 0 Å². The van der Waals surface area contributed by atoms with Crippen molar-refractivity contribution in [2.75, 3.05) is 0 Å². The van der Waals surface area contributed by atoms with E-state index in [0.29, 0.717) is 11.7 Å². The third-order valence-electron chi connectivity index (χ3n) is 4.48. The third kappa shape index (κ3) is 3.24. The van der Waals surface area contributed by atoms with Gasteiger partial charge < -0.3 is 9.63 Å². The number of nitrogens with zero attached hydrogens (tertiary/aromatic N) is 1. The number of rotatable bonds is 6. The van der Waals surface area contributed by atoms with E-state index < -0.39 is 0 Å². The molecule has 0 saturated heterocycles. The molecular formula is C20H23NO2. The minimum atomic E-state index is 0.305. The lowest BCUT2D eigenvalue weighted by Gasteiger charge is -2.10. The molecule has 120 valence electrons. The molecule has 3 nitrogen and oxygen atoms in total. The second-order valence-corrected chi connectivity index (χ2v) is 6.17. The Labute approximate surface area is 136 Å². The molecule has 3 rings (SSSR count). The smallest absolute Gasteiger partial charge is 0.174 e. The van der Waals surface area contributed by atoms with Crippen LogP contribution < -0.4 is 0 Å². The van der Waals surface area contributed by atoms with Gasteiger partial charge in [-0.05, 0) is 42.9 Å². The molecule has 1 aromatic heterocycles. The van der Waals surface area contributed by atoms with E-state index in [-0.39, 0.29) is 0 Å². The normalized spacial score (nSPS) is 12.6. The maximum Gasteiger partial charge on any atom is 0.174 e. The van der Waals surface area contributed by atoms with Gasteiger partial charge in [0.15, 0.2) is 5.58 Å². The highest BCUT2D eigenvalue weighted by atomic mass is 16.5. The molecule has 0 aliphatic carbocycles. The zero-order valence-corrected chi connectivity index (χ0v) is 13.7. The Morgan fingerprint density at radius 2 is 1.87 bits per heavy atom. The minimum absolute atomic E-state index is 0.305. The van der Waals surface area contributed by atoms with Gasteiger partial charge in [0.1, 0.15) is 5.75 Å². The molecule has 0 spiro atoms. The number of aryl methyl sites for hydroxylation is 2. The summed E-state index contributed by atoms with van der Waals surface area (Å²) < 4.78 is 5.54. The molecule has 0 saturated carbocycles. The Kier molecular flexibility index (Phi) is 4.65. The summed E-state index contributed by atoms with van der Waals surface area (Å²) in [5.74, 6) is 0.787. The molecule has 0 radical (unpaired) electrons. The Hall–Kier alpha value is -2.29. The van der Waals surface area contributed by atoms with E-state index in [1.165, 1.54) is 5.56 Å². The molecule has 1 unspecified atom stereocenters. The fraction of sp³-hybridized carbons (Fsp3) is 0.350. The van der Waals surface area contributed by atoms with Crippen molar-refractivity contribution in [3.8, 4) is 5.75 Å². The van der Waals surface area contributed by atoms with Crippen LogP contribution in [0.4, 0.5) is 0 Å². The van der Waals surface area contributed by atoms with Crippen molar-refractivity contribution in [2.24, 2.45) is 0 Å². The van der Waals surface area contributed by atoms with Crippen LogP contribution in [0.15, 0.2) is 47.0 Å². The van der Waals surface area contributed by atoms with Crippen molar-refractivity contribution in [3.63, 3.8) is 0 Å². The summed E-state index contributed by atoms with van der Waals surface area (Å²) in [7, 11) is 0. The standard InChI is InChI=1S/C20H23NO2/c1-3-7-17-19(22)13-11-16-18(21-23-20(16)17)12-10-14(2)15-8-5-4-6-9-15/h4-6,8-9,11,13-14,22H,3,7,10,12H2,1-2H3. The van der Waals surface area contributed by atoms with Gasteiger partial charge in [0.2, 0.25) is 0 Å². The minimum Gasteiger partial charge on any atom is -0.508 e. The Morgan fingerprint density at radius 3 is 2.61 bits per heavy atom. The van der Waals surface area contributed by atoms with Crippen molar-refractivity contribution in [1.29, 1.82) is 0 Å². The summed E-state index contributed by atoms with van der Waals surface area (Å²) in [5.41, 5.74) is 3.96. The molecule has 23 heavy (non-hydrogen) atoms. The first kappa shape index (κ1) is 15.6. The van der Waals surface area contributed by atoms with E-state index in [2.05, 4.69) is 43.3 Å². The zero-order valence-electron chi connectivity index (χ0n) is 13.7. The first-order valence-electron chi connectivity index (χ1n) is 8.34. The van der Waals surface area contributed by atoms with E-state index in [4.69, 9.17) is 4.52 Å². The Morgan fingerprint density at radius 1 is 1.09 bits per heavy atom. The quantitative estimate of drug-likeness (QED) is 0.679. The first-order valence-corrected chi connectivity index (χ1v) is 8.34. The van der Waals surface area contributed by atoms with E-state index >= 15 is 0 Å². The number of aromatic hydroxyl groups is 1. The number of hydrogen-bond donors (Lipinski definition) is 1. The summed E-state index contributed by atoms with van der Waals surface area (Å²) >= 11 is 0. The predicted molar refractivity (Wildman–Crippen MR) is 92.8 cm³/mol. The number of aromatic nitrogens is 1. The van der Waals surface area contributed by atoms with Crippen molar-refractivity contribution in [3.05, 3.63) is 59.3 Å². The van der Waals surface area contributed by atoms with E-state index in [9.17, 15) is 5.11 Å². The number of phenols is 1. The lowest BCUT2D eigenvalue weighted by atomic mass is 9.94. The topological polar surface area (TPSA) is 46.3 Å². The van der Waals surface area contributed by atoms with Crippen molar-refractivity contribution in [2.45, 2.75) is 45.4 Å². The van der Waals surface area contributed by atoms with Crippen LogP contribution in [-0.4, -0.2) is 10.3 Å². The largest absolute Gasteiger partial charge is 0.508 e. The van der Waals surface area contributed by atoms with Gasteiger partial charge in [-0.2, -0.15) is 0 Å². The molecule has 0 aliphatic heterocycles. The van der Waals surface area contributed by atoms with E-state index in [0.717, 1.165) is 47.9 Å². The predicted octanol–water partition coefficient (Wildman–Crippen LogP) is 5.22. The SMILES string of the molecule is CCCc1c(O)ccc2c(CCC(C)c3ccccc3)noc12.